The number of ketones is 1. The normalized spacial score (nSPS) is 7.25. The molecule has 0 bridgehead atoms. The summed E-state index contributed by atoms with van der Waals surface area (Å²) in [4.78, 5) is 12.7. The molecule has 0 aromatic carbocycles. The van der Waals surface area contributed by atoms with Crippen LogP contribution in [0.15, 0.2) is 0 Å². The maximum absolute atomic E-state index is 10.2. The van der Waals surface area contributed by atoms with Crippen LogP contribution in [0.5, 0.6) is 0 Å². The Balaban J connectivity index is 4.14. The van der Waals surface area contributed by atoms with E-state index in [9.17, 15) is 4.79 Å². The first kappa shape index (κ1) is 7.28. The zero-order valence-corrected chi connectivity index (χ0v) is 5.44. The van der Waals surface area contributed by atoms with Gasteiger partial charge >= 0.3 is 5.90 Å². The van der Waals surface area contributed by atoms with Crippen molar-refractivity contribution in [3.8, 4) is 0 Å². The molecule has 0 saturated heterocycles. The fraction of sp³-hybridized carbons (Fsp3) is 0.333. The molecule has 44 valence electrons. The fourth-order valence-corrected chi connectivity index (χ4v) is 0.390. The average molecular weight is 132 g/mol. The summed E-state index contributed by atoms with van der Waals surface area (Å²) < 4.78 is 4.23. The van der Waals surface area contributed by atoms with Crippen molar-refractivity contribution in [2.45, 2.75) is 6.92 Å². The zero-order chi connectivity index (χ0) is 6.57. The Hall–Kier alpha value is -0.720. The van der Waals surface area contributed by atoms with Gasteiger partial charge in [0.25, 0.3) is 5.78 Å². The molecule has 1 atom stereocenters. The van der Waals surface area contributed by atoms with Crippen LogP contribution < -0.4 is 0 Å². The highest BCUT2D eigenvalue weighted by molar-refractivity contribution is 7.11. The minimum Gasteiger partial charge on any atom is -0.416 e. The lowest BCUT2D eigenvalue weighted by Gasteiger charge is -1.82. The van der Waals surface area contributed by atoms with E-state index in [-0.39, 0.29) is 5.90 Å². The number of hydrogen-bond donors (Lipinski definition) is 0. The lowest BCUT2D eigenvalue weighted by molar-refractivity contribution is -0.118. The third-order valence-corrected chi connectivity index (χ3v) is 0.727. The molecule has 5 heteroatoms. The summed E-state index contributed by atoms with van der Waals surface area (Å²) in [5.41, 5.74) is 7.93. The van der Waals surface area contributed by atoms with Crippen LogP contribution in [0.25, 0.3) is 5.53 Å². The highest BCUT2D eigenvalue weighted by Gasteiger charge is 2.12. The summed E-state index contributed by atoms with van der Waals surface area (Å²) in [5.74, 6) is -0.725. The molecule has 0 rings (SSSR count). The van der Waals surface area contributed by atoms with Crippen molar-refractivity contribution in [2.24, 2.45) is 0 Å². The van der Waals surface area contributed by atoms with Gasteiger partial charge in [0.15, 0.2) is 0 Å². The summed E-state index contributed by atoms with van der Waals surface area (Å²) in [5, 5.41) is 0. The Morgan fingerprint density at radius 2 is 2.38 bits per heavy atom. The van der Waals surface area contributed by atoms with E-state index >= 15 is 0 Å². The third kappa shape index (κ3) is 1.82. The molecule has 0 radical (unpaired) electrons. The van der Waals surface area contributed by atoms with E-state index in [1.54, 1.807) is 9.47 Å². The molecule has 8 heavy (non-hydrogen) atoms. The van der Waals surface area contributed by atoms with Crippen LogP contribution in [0.2, 0.25) is 0 Å². The largest absolute Gasteiger partial charge is 0.520 e. The maximum atomic E-state index is 10.2. The third-order valence-electron chi connectivity index (χ3n) is 0.504. The van der Waals surface area contributed by atoms with Gasteiger partial charge in [0.1, 0.15) is 0 Å². The van der Waals surface area contributed by atoms with Gasteiger partial charge in [-0.1, -0.05) is 0 Å². The number of Topliss-reactive ketones (excluding diaryl/α,β-unsaturated/α-hetero) is 1. The standard InChI is InChI=1S/C3H5N2O2P/c1-2(6)3(5-4)7-8/h8H2,1H3. The molecular formula is C3H5N2O2P. The second-order valence-electron chi connectivity index (χ2n) is 1.08. The molecule has 1 unspecified atom stereocenters. The number of hydrogen-bond acceptors (Lipinski definition) is 2. The number of carbonyl (C=O) groups excluding carboxylic acids is 1. The number of rotatable bonds is 1. The van der Waals surface area contributed by atoms with Crippen molar-refractivity contribution in [1.29, 1.82) is 0 Å². The van der Waals surface area contributed by atoms with E-state index in [2.05, 4.69) is 9.31 Å². The smallest absolute Gasteiger partial charge is 0.416 e. The van der Waals surface area contributed by atoms with E-state index in [1.165, 1.54) is 6.92 Å². The van der Waals surface area contributed by atoms with Gasteiger partial charge in [0.05, 0.1) is 9.47 Å². The molecule has 0 N–H and O–H groups in total. The summed E-state index contributed by atoms with van der Waals surface area (Å²) in [6.07, 6.45) is 0. The lowest BCUT2D eigenvalue weighted by atomic mass is 10.5. The predicted octanol–water partition coefficient (Wildman–Crippen LogP) is 0.0104. The molecule has 0 heterocycles. The van der Waals surface area contributed by atoms with Crippen LogP contribution in [0.4, 0.5) is 0 Å². The van der Waals surface area contributed by atoms with Crippen molar-refractivity contribution in [3.63, 3.8) is 0 Å². The zero-order valence-electron chi connectivity index (χ0n) is 4.29. The molecule has 0 amide bonds. The first-order valence-corrected chi connectivity index (χ1v) is 2.29. The summed E-state index contributed by atoms with van der Waals surface area (Å²) in [7, 11) is 1.80. The van der Waals surface area contributed by atoms with Crippen molar-refractivity contribution < 1.29 is 14.1 Å². The second kappa shape index (κ2) is 3.30. The van der Waals surface area contributed by atoms with Gasteiger partial charge in [-0.25, -0.2) is 0 Å². The van der Waals surface area contributed by atoms with Gasteiger partial charge in [-0.2, -0.15) is 0 Å². The summed E-state index contributed by atoms with van der Waals surface area (Å²) in [6.45, 7) is 1.24. The van der Waals surface area contributed by atoms with E-state index in [0.717, 1.165) is 0 Å². The van der Waals surface area contributed by atoms with E-state index in [0.29, 0.717) is 0 Å². The molecule has 0 saturated carbocycles. The molecule has 0 aliphatic heterocycles. The Bertz CT molecular complexity index is 149. The monoisotopic (exact) mass is 132 g/mol. The van der Waals surface area contributed by atoms with Crippen LogP contribution in [0.3, 0.4) is 0 Å². The highest BCUT2D eigenvalue weighted by atomic mass is 31.0. The van der Waals surface area contributed by atoms with Crippen LogP contribution >= 0.6 is 9.47 Å². The molecule has 0 spiro atoms. The fourth-order valence-electron chi connectivity index (χ4n) is 0.177. The van der Waals surface area contributed by atoms with Gasteiger partial charge in [0.2, 0.25) is 0 Å². The Labute approximate surface area is 48.7 Å². The molecule has 4 nitrogen and oxygen atoms in total. The van der Waals surface area contributed by atoms with E-state index < -0.39 is 5.78 Å². The molecule has 0 aliphatic carbocycles. The van der Waals surface area contributed by atoms with E-state index in [4.69, 9.17) is 5.53 Å². The van der Waals surface area contributed by atoms with Crippen LogP contribution in [-0.2, 0) is 9.32 Å². The SMILES string of the molecule is CC(=O)C(=[N+]=[N-])OP. The van der Waals surface area contributed by atoms with Crippen LogP contribution in [-0.4, -0.2) is 16.5 Å². The quantitative estimate of drug-likeness (QED) is 0.166. The van der Waals surface area contributed by atoms with E-state index in [1.807, 2.05) is 0 Å². The first-order chi connectivity index (χ1) is 3.72. The predicted molar refractivity (Wildman–Crippen MR) is 30.1 cm³/mol. The molecular weight excluding hydrogens is 127 g/mol. The topological polar surface area (TPSA) is 62.7 Å². The van der Waals surface area contributed by atoms with Gasteiger partial charge < -0.3 is 10.1 Å². The maximum Gasteiger partial charge on any atom is 0.520 e. The Morgan fingerprint density at radius 3 is 2.38 bits per heavy atom. The van der Waals surface area contributed by atoms with Gasteiger partial charge in [-0.05, 0) is 0 Å². The molecule has 0 aliphatic rings. The highest BCUT2D eigenvalue weighted by Crippen LogP contribution is 1.86. The number of nitrogens with zero attached hydrogens (tertiary/aromatic N) is 2. The van der Waals surface area contributed by atoms with Crippen LogP contribution in [0, 0.1) is 0 Å². The summed E-state index contributed by atoms with van der Waals surface area (Å²) >= 11 is 0. The van der Waals surface area contributed by atoms with Crippen molar-refractivity contribution in [1.82, 2.24) is 0 Å². The Kier molecular flexibility index (Phi) is 3.01. The number of carbonyl (C=O) groups is 1. The Morgan fingerprint density at radius 1 is 1.88 bits per heavy atom. The second-order valence-corrected chi connectivity index (χ2v) is 1.31. The van der Waals surface area contributed by atoms with Crippen molar-refractivity contribution in [3.05, 3.63) is 5.53 Å². The van der Waals surface area contributed by atoms with Crippen molar-refractivity contribution >= 4 is 21.1 Å². The van der Waals surface area contributed by atoms with Gasteiger partial charge in [0, 0.05) is 6.92 Å². The molecule has 0 fully saturated rings. The van der Waals surface area contributed by atoms with Gasteiger partial charge in [-0.15, -0.1) is 4.79 Å². The van der Waals surface area contributed by atoms with Crippen LogP contribution in [0.1, 0.15) is 6.92 Å². The lowest BCUT2D eigenvalue weighted by Crippen LogP contribution is -2.09. The van der Waals surface area contributed by atoms with Gasteiger partial charge in [-0.3, -0.25) is 4.79 Å². The summed E-state index contributed by atoms with van der Waals surface area (Å²) in [6, 6.07) is 0. The average Bonchev–Trinajstić information content (AvgIpc) is 1.69. The molecule has 0 aromatic rings. The first-order valence-electron chi connectivity index (χ1n) is 1.82. The minimum absolute atomic E-state index is 0.310. The minimum atomic E-state index is -0.414. The molecule has 0 aromatic heterocycles. The van der Waals surface area contributed by atoms with Crippen molar-refractivity contribution in [2.75, 3.05) is 0 Å².